The van der Waals surface area contributed by atoms with E-state index in [9.17, 15) is 0 Å². The molecule has 0 unspecified atom stereocenters. The first kappa shape index (κ1) is 16.7. The lowest BCUT2D eigenvalue weighted by Gasteiger charge is -2.23. The van der Waals surface area contributed by atoms with E-state index < -0.39 is 0 Å². The minimum atomic E-state index is 0.455. The van der Waals surface area contributed by atoms with Gasteiger partial charge >= 0.3 is 0 Å². The van der Waals surface area contributed by atoms with Crippen LogP contribution in [-0.4, -0.2) is 16.0 Å². The maximum absolute atomic E-state index is 4.67. The van der Waals surface area contributed by atoms with Gasteiger partial charge in [-0.05, 0) is 42.9 Å². The van der Waals surface area contributed by atoms with E-state index in [2.05, 4.69) is 59.6 Å². The Morgan fingerprint density at radius 1 is 1.08 bits per heavy atom. The van der Waals surface area contributed by atoms with Gasteiger partial charge in [-0.25, -0.2) is 4.98 Å². The van der Waals surface area contributed by atoms with Gasteiger partial charge in [-0.1, -0.05) is 51.3 Å². The number of nitrogens with one attached hydrogen (secondary N) is 2. The lowest BCUT2D eigenvalue weighted by atomic mass is 9.95. The fraction of sp³-hybridized carbons (Fsp3) is 0.500. The van der Waals surface area contributed by atoms with Crippen molar-refractivity contribution in [2.45, 2.75) is 64.8 Å². The number of hydrogen-bond donors (Lipinski definition) is 2. The average molecular weight is 324 g/mol. The highest BCUT2D eigenvalue weighted by atomic mass is 15.1. The van der Waals surface area contributed by atoms with Crippen molar-refractivity contribution in [2.75, 3.05) is 10.6 Å². The van der Waals surface area contributed by atoms with E-state index in [4.69, 9.17) is 0 Å². The van der Waals surface area contributed by atoms with Gasteiger partial charge in [-0.3, -0.25) is 0 Å². The van der Waals surface area contributed by atoms with E-state index in [-0.39, 0.29) is 0 Å². The van der Waals surface area contributed by atoms with Gasteiger partial charge in [-0.15, -0.1) is 0 Å². The molecule has 2 N–H and O–H groups in total. The number of nitrogens with zero attached hydrogens (tertiary/aromatic N) is 2. The van der Waals surface area contributed by atoms with Crippen LogP contribution in [0.1, 0.15) is 63.0 Å². The Bertz CT molecular complexity index is 675. The summed E-state index contributed by atoms with van der Waals surface area (Å²) in [6.45, 7) is 6.54. The predicted octanol–water partition coefficient (Wildman–Crippen LogP) is 5.40. The highest BCUT2D eigenvalue weighted by Crippen LogP contribution is 2.29. The molecule has 1 saturated carbocycles. The lowest BCUT2D eigenvalue weighted by molar-refractivity contribution is 0.462. The largest absolute Gasteiger partial charge is 0.367 e. The molecule has 0 aliphatic heterocycles. The summed E-state index contributed by atoms with van der Waals surface area (Å²) in [6.07, 6.45) is 8.29. The van der Waals surface area contributed by atoms with Crippen LogP contribution in [0.2, 0.25) is 0 Å². The van der Waals surface area contributed by atoms with Gasteiger partial charge in [0.1, 0.15) is 5.82 Å². The second-order valence-electron chi connectivity index (χ2n) is 7.06. The van der Waals surface area contributed by atoms with Crippen molar-refractivity contribution in [2.24, 2.45) is 0 Å². The monoisotopic (exact) mass is 324 g/mol. The summed E-state index contributed by atoms with van der Waals surface area (Å²) in [4.78, 5) is 9.08. The van der Waals surface area contributed by atoms with Gasteiger partial charge in [0.05, 0.1) is 0 Å². The molecule has 4 heteroatoms. The Morgan fingerprint density at radius 2 is 1.88 bits per heavy atom. The minimum absolute atomic E-state index is 0.455. The zero-order chi connectivity index (χ0) is 16.9. The maximum Gasteiger partial charge on any atom is 0.229 e. The Balaban J connectivity index is 1.77. The molecule has 1 heterocycles. The summed E-state index contributed by atoms with van der Waals surface area (Å²) in [7, 11) is 0. The van der Waals surface area contributed by atoms with E-state index >= 15 is 0 Å². The third-order valence-corrected chi connectivity index (χ3v) is 4.78. The van der Waals surface area contributed by atoms with E-state index in [0.717, 1.165) is 11.5 Å². The van der Waals surface area contributed by atoms with E-state index in [1.807, 2.05) is 12.3 Å². The fourth-order valence-corrected chi connectivity index (χ4v) is 3.41. The molecule has 1 aliphatic carbocycles. The minimum Gasteiger partial charge on any atom is -0.367 e. The Labute approximate surface area is 145 Å². The van der Waals surface area contributed by atoms with E-state index in [1.165, 1.54) is 43.2 Å². The second-order valence-corrected chi connectivity index (χ2v) is 7.06. The van der Waals surface area contributed by atoms with Crippen molar-refractivity contribution in [1.82, 2.24) is 9.97 Å². The van der Waals surface area contributed by atoms with Crippen LogP contribution in [0.4, 0.5) is 17.5 Å². The van der Waals surface area contributed by atoms with Crippen LogP contribution in [0.5, 0.6) is 0 Å². The molecule has 0 saturated heterocycles. The summed E-state index contributed by atoms with van der Waals surface area (Å²) in [6, 6.07) is 8.91. The van der Waals surface area contributed by atoms with Gasteiger partial charge in [0.25, 0.3) is 0 Å². The number of hydrogen-bond acceptors (Lipinski definition) is 4. The van der Waals surface area contributed by atoms with Gasteiger partial charge in [0.2, 0.25) is 5.95 Å². The third-order valence-electron chi connectivity index (χ3n) is 4.78. The topological polar surface area (TPSA) is 49.8 Å². The number of para-hydroxylation sites is 1. The van der Waals surface area contributed by atoms with Gasteiger partial charge in [0, 0.05) is 17.9 Å². The average Bonchev–Trinajstić information content (AvgIpc) is 2.58. The smallest absolute Gasteiger partial charge is 0.229 e. The van der Waals surface area contributed by atoms with Crippen LogP contribution < -0.4 is 10.6 Å². The third kappa shape index (κ3) is 4.05. The van der Waals surface area contributed by atoms with Crippen LogP contribution in [0, 0.1) is 6.92 Å². The van der Waals surface area contributed by atoms with Crippen LogP contribution in [0.25, 0.3) is 0 Å². The highest BCUT2D eigenvalue weighted by Gasteiger charge is 2.14. The normalized spacial score (nSPS) is 15.5. The number of rotatable bonds is 5. The molecular formula is C20H28N4. The number of benzene rings is 1. The predicted molar refractivity (Wildman–Crippen MR) is 101 cm³/mol. The van der Waals surface area contributed by atoms with Gasteiger partial charge < -0.3 is 10.6 Å². The molecule has 4 nitrogen and oxygen atoms in total. The van der Waals surface area contributed by atoms with E-state index in [0.29, 0.717) is 17.9 Å². The van der Waals surface area contributed by atoms with Crippen LogP contribution in [0.3, 0.4) is 0 Å². The number of anilines is 3. The molecular weight excluding hydrogens is 296 g/mol. The molecule has 0 bridgehead atoms. The Hall–Kier alpha value is -2.10. The molecule has 0 spiro atoms. The molecule has 128 valence electrons. The molecule has 0 amide bonds. The second kappa shape index (κ2) is 7.65. The SMILES string of the molecule is Cc1cccc(C(C)C)c1Nc1nccc(NC2CCCCC2)n1. The van der Waals surface area contributed by atoms with Crippen LogP contribution in [0.15, 0.2) is 30.5 Å². The molecule has 0 radical (unpaired) electrons. The fourth-order valence-electron chi connectivity index (χ4n) is 3.41. The maximum atomic E-state index is 4.67. The van der Waals surface area contributed by atoms with Crippen LogP contribution >= 0.6 is 0 Å². The van der Waals surface area contributed by atoms with E-state index in [1.54, 1.807) is 0 Å². The highest BCUT2D eigenvalue weighted by molar-refractivity contribution is 5.64. The van der Waals surface area contributed by atoms with Crippen molar-refractivity contribution in [3.63, 3.8) is 0 Å². The molecule has 24 heavy (non-hydrogen) atoms. The summed E-state index contributed by atoms with van der Waals surface area (Å²) in [5.41, 5.74) is 3.64. The summed E-state index contributed by atoms with van der Waals surface area (Å²) < 4.78 is 0. The lowest BCUT2D eigenvalue weighted by Crippen LogP contribution is -2.23. The summed E-state index contributed by atoms with van der Waals surface area (Å²) >= 11 is 0. The van der Waals surface area contributed by atoms with Crippen molar-refractivity contribution in [1.29, 1.82) is 0 Å². The first-order valence-electron chi connectivity index (χ1n) is 9.09. The summed E-state index contributed by atoms with van der Waals surface area (Å²) in [5.74, 6) is 2.03. The van der Waals surface area contributed by atoms with Gasteiger partial charge in [0.15, 0.2) is 0 Å². The first-order chi connectivity index (χ1) is 11.6. The Kier molecular flexibility index (Phi) is 5.34. The molecule has 1 aliphatic rings. The van der Waals surface area contributed by atoms with Crippen molar-refractivity contribution in [3.8, 4) is 0 Å². The standard InChI is InChI=1S/C20H28N4/c1-14(2)17-11-7-8-15(3)19(17)24-20-21-13-12-18(23-20)22-16-9-5-4-6-10-16/h7-8,11-14,16H,4-6,9-10H2,1-3H3,(H2,21,22,23,24). The Morgan fingerprint density at radius 3 is 2.62 bits per heavy atom. The van der Waals surface area contributed by atoms with Crippen molar-refractivity contribution in [3.05, 3.63) is 41.6 Å². The number of aromatic nitrogens is 2. The van der Waals surface area contributed by atoms with Crippen LogP contribution in [-0.2, 0) is 0 Å². The molecule has 2 aromatic rings. The molecule has 3 rings (SSSR count). The first-order valence-corrected chi connectivity index (χ1v) is 9.09. The zero-order valence-corrected chi connectivity index (χ0v) is 15.0. The summed E-state index contributed by atoms with van der Waals surface area (Å²) in [5, 5.41) is 7.01. The number of aryl methyl sites for hydroxylation is 1. The molecule has 1 fully saturated rings. The molecule has 1 aromatic carbocycles. The zero-order valence-electron chi connectivity index (χ0n) is 15.0. The quantitative estimate of drug-likeness (QED) is 0.773. The van der Waals surface area contributed by atoms with Crippen molar-refractivity contribution < 1.29 is 0 Å². The molecule has 1 aromatic heterocycles. The van der Waals surface area contributed by atoms with Crippen molar-refractivity contribution >= 4 is 17.5 Å². The molecule has 0 atom stereocenters. The van der Waals surface area contributed by atoms with Gasteiger partial charge in [-0.2, -0.15) is 4.98 Å².